The number of hydrogen-bond donors (Lipinski definition) is 0. The predicted octanol–water partition coefficient (Wildman–Crippen LogP) is 3.93. The number of aryl methyl sites for hydroxylation is 1. The SMILES string of the molecule is CCCn1c(C)cc(=O)n([C@@H]2O[C@H](COC(=O)c3ccccc3)[C@@H](OC(=O)c3ccccc3)[C@H]2OC(=O)c2ccccc2)c1=O. The van der Waals surface area contributed by atoms with E-state index >= 15 is 0 Å². The van der Waals surface area contributed by atoms with Crippen molar-refractivity contribution in [2.75, 3.05) is 6.61 Å². The fourth-order valence-electron chi connectivity index (χ4n) is 5.10. The lowest BCUT2D eigenvalue weighted by atomic mass is 10.1. The molecule has 1 aromatic heterocycles. The first-order valence-electron chi connectivity index (χ1n) is 14.5. The Hall–Kier alpha value is -5.29. The molecule has 4 atom stereocenters. The molecule has 0 aliphatic carbocycles. The van der Waals surface area contributed by atoms with Crippen LogP contribution < -0.4 is 11.2 Å². The van der Waals surface area contributed by atoms with Crippen molar-refractivity contribution >= 4 is 17.9 Å². The minimum absolute atomic E-state index is 0.183. The van der Waals surface area contributed by atoms with Crippen LogP contribution in [0.2, 0.25) is 0 Å². The van der Waals surface area contributed by atoms with Crippen LogP contribution in [0, 0.1) is 6.92 Å². The highest BCUT2D eigenvalue weighted by atomic mass is 16.7. The molecular weight excluding hydrogens is 580 g/mol. The van der Waals surface area contributed by atoms with Gasteiger partial charge in [-0.15, -0.1) is 0 Å². The lowest BCUT2D eigenvalue weighted by Gasteiger charge is -2.25. The van der Waals surface area contributed by atoms with E-state index in [4.69, 9.17) is 18.9 Å². The highest BCUT2D eigenvalue weighted by Crippen LogP contribution is 2.34. The molecule has 45 heavy (non-hydrogen) atoms. The highest BCUT2D eigenvalue weighted by Gasteiger charge is 2.52. The van der Waals surface area contributed by atoms with E-state index in [-0.39, 0.29) is 16.7 Å². The van der Waals surface area contributed by atoms with Crippen molar-refractivity contribution in [3.8, 4) is 0 Å². The number of carbonyl (C=O) groups excluding carboxylic acids is 3. The third-order valence-electron chi connectivity index (χ3n) is 7.31. The van der Waals surface area contributed by atoms with Gasteiger partial charge in [0.1, 0.15) is 12.7 Å². The summed E-state index contributed by atoms with van der Waals surface area (Å²) >= 11 is 0. The van der Waals surface area contributed by atoms with Crippen molar-refractivity contribution in [1.29, 1.82) is 0 Å². The van der Waals surface area contributed by atoms with E-state index in [0.29, 0.717) is 18.7 Å². The topological polar surface area (TPSA) is 132 Å². The molecule has 1 saturated heterocycles. The summed E-state index contributed by atoms with van der Waals surface area (Å²) in [7, 11) is 0. The smallest absolute Gasteiger partial charge is 0.338 e. The zero-order chi connectivity index (χ0) is 31.9. The average Bonchev–Trinajstić information content (AvgIpc) is 3.38. The van der Waals surface area contributed by atoms with E-state index in [1.165, 1.54) is 22.8 Å². The van der Waals surface area contributed by atoms with Crippen LogP contribution in [0.1, 0.15) is 56.3 Å². The van der Waals surface area contributed by atoms with Crippen LogP contribution in [0.3, 0.4) is 0 Å². The van der Waals surface area contributed by atoms with Crippen LogP contribution in [-0.4, -0.2) is 52.0 Å². The van der Waals surface area contributed by atoms with E-state index in [1.807, 2.05) is 6.92 Å². The Morgan fingerprint density at radius 1 is 0.733 bits per heavy atom. The Bertz CT molecular complexity index is 1770. The van der Waals surface area contributed by atoms with Crippen LogP contribution in [0.4, 0.5) is 0 Å². The van der Waals surface area contributed by atoms with Gasteiger partial charge in [0, 0.05) is 18.3 Å². The Morgan fingerprint density at radius 3 is 1.73 bits per heavy atom. The molecule has 1 aliphatic rings. The van der Waals surface area contributed by atoms with Gasteiger partial charge in [0.05, 0.1) is 16.7 Å². The van der Waals surface area contributed by atoms with Gasteiger partial charge in [-0.3, -0.25) is 9.36 Å². The van der Waals surface area contributed by atoms with Crippen molar-refractivity contribution in [1.82, 2.24) is 9.13 Å². The Kier molecular flexibility index (Phi) is 9.69. The lowest BCUT2D eigenvalue weighted by Crippen LogP contribution is -2.47. The number of ether oxygens (including phenoxy) is 4. The van der Waals surface area contributed by atoms with Gasteiger partial charge < -0.3 is 18.9 Å². The number of aromatic nitrogens is 2. The van der Waals surface area contributed by atoms with E-state index in [9.17, 15) is 24.0 Å². The molecule has 3 aromatic carbocycles. The van der Waals surface area contributed by atoms with Crippen molar-refractivity contribution in [3.05, 3.63) is 140 Å². The van der Waals surface area contributed by atoms with Crippen LogP contribution >= 0.6 is 0 Å². The molecule has 4 aromatic rings. The zero-order valence-corrected chi connectivity index (χ0v) is 24.7. The number of esters is 3. The molecule has 0 unspecified atom stereocenters. The fourth-order valence-corrected chi connectivity index (χ4v) is 5.10. The molecule has 0 spiro atoms. The van der Waals surface area contributed by atoms with Gasteiger partial charge in [-0.05, 0) is 49.7 Å². The summed E-state index contributed by atoms with van der Waals surface area (Å²) in [5.74, 6) is -2.25. The summed E-state index contributed by atoms with van der Waals surface area (Å²) in [5.41, 5.74) is -0.295. The number of hydrogen-bond acceptors (Lipinski definition) is 9. The second-order valence-corrected chi connectivity index (χ2v) is 10.4. The molecular formula is C34H32N2O9. The molecule has 0 radical (unpaired) electrons. The van der Waals surface area contributed by atoms with Crippen LogP contribution in [0.5, 0.6) is 0 Å². The van der Waals surface area contributed by atoms with Crippen molar-refractivity contribution < 1.29 is 33.3 Å². The molecule has 232 valence electrons. The molecule has 11 nitrogen and oxygen atoms in total. The van der Waals surface area contributed by atoms with Gasteiger partial charge in [-0.1, -0.05) is 61.5 Å². The normalized spacial score (nSPS) is 19.1. The number of nitrogens with zero attached hydrogens (tertiary/aromatic N) is 2. The molecule has 0 saturated carbocycles. The van der Waals surface area contributed by atoms with Crippen LogP contribution in [0.25, 0.3) is 0 Å². The monoisotopic (exact) mass is 612 g/mol. The predicted molar refractivity (Wildman–Crippen MR) is 162 cm³/mol. The van der Waals surface area contributed by atoms with E-state index < -0.39 is 60.3 Å². The molecule has 0 amide bonds. The maximum absolute atomic E-state index is 13.7. The first-order valence-corrected chi connectivity index (χ1v) is 14.5. The van der Waals surface area contributed by atoms with Gasteiger partial charge >= 0.3 is 23.6 Å². The largest absolute Gasteiger partial charge is 0.459 e. The van der Waals surface area contributed by atoms with Crippen molar-refractivity contribution in [3.63, 3.8) is 0 Å². The van der Waals surface area contributed by atoms with E-state index in [2.05, 4.69) is 0 Å². The maximum atomic E-state index is 13.7. The second-order valence-electron chi connectivity index (χ2n) is 10.4. The summed E-state index contributed by atoms with van der Waals surface area (Å²) in [4.78, 5) is 66.6. The molecule has 11 heteroatoms. The molecule has 2 heterocycles. The number of carbonyl (C=O) groups is 3. The summed E-state index contributed by atoms with van der Waals surface area (Å²) in [6.07, 6.45) is -5.00. The average molecular weight is 613 g/mol. The minimum Gasteiger partial charge on any atom is -0.459 e. The van der Waals surface area contributed by atoms with Crippen LogP contribution in [0.15, 0.2) is 107 Å². The number of rotatable bonds is 10. The molecule has 0 N–H and O–H groups in total. The summed E-state index contributed by atoms with van der Waals surface area (Å²) < 4.78 is 25.7. The molecule has 1 fully saturated rings. The molecule has 0 bridgehead atoms. The Labute approximate surface area is 258 Å². The highest BCUT2D eigenvalue weighted by molar-refractivity contribution is 5.91. The maximum Gasteiger partial charge on any atom is 0.338 e. The Morgan fingerprint density at radius 2 is 1.22 bits per heavy atom. The second kappa shape index (κ2) is 14.0. The van der Waals surface area contributed by atoms with Gasteiger partial charge in [-0.2, -0.15) is 0 Å². The summed E-state index contributed by atoms with van der Waals surface area (Å²) in [5, 5.41) is 0. The standard InChI is InChI=1S/C34H32N2O9/c1-3-19-35-22(2)20-27(37)36(34(35)41)30-29(45-33(40)25-17-11-6-12-18-25)28(44-32(39)24-15-9-5-10-16-24)26(43-30)21-42-31(38)23-13-7-4-8-14-23/h4-18,20,26,28-30H,3,19,21H2,1-2H3/t26-,28-,29-,30-/m1/s1. The summed E-state index contributed by atoms with van der Waals surface area (Å²) in [6, 6.07) is 25.7. The van der Waals surface area contributed by atoms with Gasteiger partial charge in [0.15, 0.2) is 18.4 Å². The molecule has 5 rings (SSSR count). The third-order valence-corrected chi connectivity index (χ3v) is 7.31. The first-order chi connectivity index (χ1) is 21.8. The quantitative estimate of drug-likeness (QED) is 0.193. The minimum atomic E-state index is -1.52. The van der Waals surface area contributed by atoms with Gasteiger partial charge in [0.25, 0.3) is 5.56 Å². The summed E-state index contributed by atoms with van der Waals surface area (Å²) in [6.45, 7) is 3.40. The lowest BCUT2D eigenvalue weighted by molar-refractivity contribution is -0.0658. The third kappa shape index (κ3) is 6.94. The zero-order valence-electron chi connectivity index (χ0n) is 24.7. The number of benzene rings is 3. The van der Waals surface area contributed by atoms with Crippen molar-refractivity contribution in [2.45, 2.75) is 51.4 Å². The fraction of sp³-hybridized carbons (Fsp3) is 0.265. The van der Waals surface area contributed by atoms with Gasteiger partial charge in [0.2, 0.25) is 0 Å². The molecule has 1 aliphatic heterocycles. The Balaban J connectivity index is 1.57. The van der Waals surface area contributed by atoms with Gasteiger partial charge in [-0.25, -0.2) is 23.7 Å². The van der Waals surface area contributed by atoms with Crippen molar-refractivity contribution in [2.24, 2.45) is 0 Å². The first kappa shape index (κ1) is 31.1. The van der Waals surface area contributed by atoms with E-state index in [0.717, 1.165) is 4.57 Å². The van der Waals surface area contributed by atoms with Crippen LogP contribution in [-0.2, 0) is 25.5 Å². The van der Waals surface area contributed by atoms with E-state index in [1.54, 1.807) is 85.8 Å².